The predicted molar refractivity (Wildman–Crippen MR) is 122 cm³/mol. The van der Waals surface area contributed by atoms with Gasteiger partial charge in [-0.25, -0.2) is 14.8 Å². The number of aryl methyl sites for hydroxylation is 1. The number of nitrogens with zero attached hydrogens (tertiary/aromatic N) is 3. The van der Waals surface area contributed by atoms with Crippen molar-refractivity contribution >= 4 is 61.3 Å². The van der Waals surface area contributed by atoms with Gasteiger partial charge >= 0.3 is 12.1 Å². The molecule has 7 nitrogen and oxygen atoms in total. The highest BCUT2D eigenvalue weighted by molar-refractivity contribution is 9.10. The summed E-state index contributed by atoms with van der Waals surface area (Å²) in [5.41, 5.74) is -0.435. The maximum atomic E-state index is 13.9. The molecule has 1 N–H and O–H groups in total. The molecule has 4 aromatic heterocycles. The Labute approximate surface area is 201 Å². The number of anilines is 1. The second kappa shape index (κ2) is 8.54. The Hall–Kier alpha value is -2.77. The molecule has 0 aliphatic heterocycles. The number of fused-ring (bicyclic) bond motifs is 1. The summed E-state index contributed by atoms with van der Waals surface area (Å²) in [6.07, 6.45) is -4.73. The van der Waals surface area contributed by atoms with Crippen LogP contribution in [0.25, 0.3) is 16.3 Å². The molecule has 0 saturated heterocycles. The number of esters is 1. The van der Waals surface area contributed by atoms with Gasteiger partial charge in [0.2, 0.25) is 5.78 Å². The largest absolute Gasteiger partial charge is 0.465 e. The van der Waals surface area contributed by atoms with Gasteiger partial charge in [-0.15, -0.1) is 22.7 Å². The van der Waals surface area contributed by atoms with Crippen molar-refractivity contribution in [3.63, 3.8) is 0 Å². The first-order valence-electron chi connectivity index (χ1n) is 9.22. The quantitative estimate of drug-likeness (QED) is 0.312. The van der Waals surface area contributed by atoms with Gasteiger partial charge in [-0.2, -0.15) is 13.2 Å². The number of imidazole rings is 1. The maximum Gasteiger partial charge on any atom is 0.431 e. The third-order valence-corrected chi connectivity index (χ3v) is 7.56. The third kappa shape index (κ3) is 4.15. The van der Waals surface area contributed by atoms with Gasteiger partial charge < -0.3 is 10.1 Å². The van der Waals surface area contributed by atoms with E-state index in [2.05, 4.69) is 31.2 Å². The predicted octanol–water partition coefficient (Wildman–Crippen LogP) is 5.96. The van der Waals surface area contributed by atoms with E-state index in [1.165, 1.54) is 18.4 Å². The second-order valence-corrected chi connectivity index (χ2v) is 9.74. The highest BCUT2D eigenvalue weighted by atomic mass is 79.9. The summed E-state index contributed by atoms with van der Waals surface area (Å²) in [5, 5.41) is 4.51. The Balaban J connectivity index is 1.83. The first kappa shape index (κ1) is 23.4. The van der Waals surface area contributed by atoms with Crippen molar-refractivity contribution < 1.29 is 27.5 Å². The minimum absolute atomic E-state index is 0.0896. The normalized spacial score (nSPS) is 11.7. The molecule has 0 atom stereocenters. The molecule has 13 heteroatoms. The molecule has 0 spiro atoms. The van der Waals surface area contributed by atoms with Crippen molar-refractivity contribution in [2.75, 3.05) is 12.4 Å². The van der Waals surface area contributed by atoms with Crippen LogP contribution >= 0.6 is 38.6 Å². The number of thiophene rings is 2. The molecule has 172 valence electrons. The minimum atomic E-state index is -4.73. The zero-order valence-electron chi connectivity index (χ0n) is 17.2. The van der Waals surface area contributed by atoms with E-state index in [1.54, 1.807) is 31.4 Å². The van der Waals surface area contributed by atoms with Crippen molar-refractivity contribution in [2.24, 2.45) is 0 Å². The SMILES string of the molecule is COC(=O)c1c(NC(=O)c2nc3nc(-c4cccs4)cc(C(F)(F)F)n3c2Br)sc(C)c1C. The Morgan fingerprint density at radius 2 is 1.97 bits per heavy atom. The zero-order chi connectivity index (χ0) is 24.1. The highest BCUT2D eigenvalue weighted by Crippen LogP contribution is 2.37. The van der Waals surface area contributed by atoms with Gasteiger partial charge in [0.05, 0.1) is 23.2 Å². The van der Waals surface area contributed by atoms with E-state index >= 15 is 0 Å². The Morgan fingerprint density at radius 3 is 2.58 bits per heavy atom. The molecule has 0 aliphatic rings. The van der Waals surface area contributed by atoms with Gasteiger partial charge in [0.25, 0.3) is 5.91 Å². The monoisotopic (exact) mass is 558 g/mol. The number of aromatic nitrogens is 3. The molecular formula is C20H14BrF3N4O3S2. The van der Waals surface area contributed by atoms with E-state index < -0.39 is 23.7 Å². The van der Waals surface area contributed by atoms with Crippen LogP contribution < -0.4 is 5.32 Å². The number of nitrogens with one attached hydrogen (secondary N) is 1. The number of hydrogen-bond acceptors (Lipinski definition) is 7. The van der Waals surface area contributed by atoms with E-state index in [0.717, 1.165) is 26.7 Å². The average Bonchev–Trinajstić information content (AvgIpc) is 3.46. The number of ether oxygens (including phenoxy) is 1. The molecule has 0 aliphatic carbocycles. The zero-order valence-corrected chi connectivity index (χ0v) is 20.4. The number of halogens is 4. The maximum absolute atomic E-state index is 13.9. The number of methoxy groups -OCH3 is 1. The van der Waals surface area contributed by atoms with Gasteiger partial charge in [-0.3, -0.25) is 9.20 Å². The average molecular weight is 559 g/mol. The van der Waals surface area contributed by atoms with Crippen LogP contribution in [0, 0.1) is 13.8 Å². The van der Waals surface area contributed by atoms with E-state index in [9.17, 15) is 22.8 Å². The first-order chi connectivity index (χ1) is 15.5. The molecule has 0 aromatic carbocycles. The van der Waals surface area contributed by atoms with Gasteiger partial charge in [-0.1, -0.05) is 6.07 Å². The molecule has 33 heavy (non-hydrogen) atoms. The lowest BCUT2D eigenvalue weighted by Crippen LogP contribution is -2.16. The Kier molecular flexibility index (Phi) is 6.05. The molecule has 0 saturated carbocycles. The van der Waals surface area contributed by atoms with Crippen molar-refractivity contribution in [3.8, 4) is 10.6 Å². The summed E-state index contributed by atoms with van der Waals surface area (Å²) < 4.78 is 46.9. The fraction of sp³-hybridized carbons (Fsp3) is 0.200. The van der Waals surface area contributed by atoms with Crippen LogP contribution in [0.3, 0.4) is 0 Å². The lowest BCUT2D eigenvalue weighted by Gasteiger charge is -2.11. The topological polar surface area (TPSA) is 85.6 Å². The van der Waals surface area contributed by atoms with E-state index in [0.29, 0.717) is 10.4 Å². The number of alkyl halides is 3. The van der Waals surface area contributed by atoms with Crippen LogP contribution in [0.1, 0.15) is 37.0 Å². The van der Waals surface area contributed by atoms with Gasteiger partial charge in [0, 0.05) is 4.88 Å². The number of amides is 1. The lowest BCUT2D eigenvalue weighted by molar-refractivity contribution is -0.142. The van der Waals surface area contributed by atoms with Gasteiger partial charge in [-0.05, 0) is 52.9 Å². The lowest BCUT2D eigenvalue weighted by atomic mass is 10.1. The molecule has 4 heterocycles. The summed E-state index contributed by atoms with van der Waals surface area (Å²) in [6.45, 7) is 3.48. The smallest absolute Gasteiger partial charge is 0.431 e. The molecule has 0 unspecified atom stereocenters. The van der Waals surface area contributed by atoms with Crippen LogP contribution in [0.2, 0.25) is 0 Å². The van der Waals surface area contributed by atoms with E-state index in [-0.39, 0.29) is 32.3 Å². The molecular weight excluding hydrogens is 545 g/mol. The van der Waals surface area contributed by atoms with Gasteiger partial charge in [0.1, 0.15) is 15.3 Å². The summed E-state index contributed by atoms with van der Waals surface area (Å²) in [5.74, 6) is -1.73. The fourth-order valence-electron chi connectivity index (χ4n) is 3.14. The summed E-state index contributed by atoms with van der Waals surface area (Å²) >= 11 is 5.46. The molecule has 4 rings (SSSR count). The molecule has 0 fully saturated rings. The summed E-state index contributed by atoms with van der Waals surface area (Å²) in [6, 6.07) is 4.25. The minimum Gasteiger partial charge on any atom is -0.465 e. The molecule has 4 aromatic rings. The van der Waals surface area contributed by atoms with Crippen LogP contribution in [0.15, 0.2) is 28.2 Å². The van der Waals surface area contributed by atoms with Crippen LogP contribution in [0.4, 0.5) is 18.2 Å². The number of rotatable bonds is 4. The number of carbonyl (C=O) groups excluding carboxylic acids is 2. The molecule has 0 radical (unpaired) electrons. The molecule has 0 bridgehead atoms. The number of carbonyl (C=O) groups is 2. The third-order valence-electron chi connectivity index (χ3n) is 4.82. The summed E-state index contributed by atoms with van der Waals surface area (Å²) in [7, 11) is 1.22. The van der Waals surface area contributed by atoms with Crippen LogP contribution in [0.5, 0.6) is 0 Å². The summed E-state index contributed by atoms with van der Waals surface area (Å²) in [4.78, 5) is 34.8. The van der Waals surface area contributed by atoms with Crippen LogP contribution in [-0.4, -0.2) is 33.4 Å². The van der Waals surface area contributed by atoms with E-state index in [4.69, 9.17) is 4.74 Å². The van der Waals surface area contributed by atoms with Crippen molar-refractivity contribution in [2.45, 2.75) is 20.0 Å². The second-order valence-electron chi connectivity index (χ2n) is 6.82. The highest BCUT2D eigenvalue weighted by Gasteiger charge is 2.37. The van der Waals surface area contributed by atoms with Crippen molar-refractivity contribution in [3.05, 3.63) is 55.6 Å². The fourth-order valence-corrected chi connectivity index (χ4v) is 5.49. The first-order valence-corrected chi connectivity index (χ1v) is 11.7. The van der Waals surface area contributed by atoms with Crippen molar-refractivity contribution in [1.82, 2.24) is 14.4 Å². The Morgan fingerprint density at radius 1 is 1.24 bits per heavy atom. The van der Waals surface area contributed by atoms with Crippen LogP contribution in [-0.2, 0) is 10.9 Å². The van der Waals surface area contributed by atoms with Crippen molar-refractivity contribution in [1.29, 1.82) is 0 Å². The standard InChI is InChI=1S/C20H14BrF3N4O3S2/c1-8-9(2)33-17(13(8)18(30)31-3)27-16(29)14-15(21)28-12(20(22,23)24)7-10(25-19(28)26-14)11-5-4-6-32-11/h4-7H,1-3H3,(H,27,29). The molecule has 1 amide bonds. The van der Waals surface area contributed by atoms with E-state index in [1.807, 2.05) is 0 Å². The number of hydrogen-bond donors (Lipinski definition) is 1. The van der Waals surface area contributed by atoms with Gasteiger partial charge in [0.15, 0.2) is 5.69 Å². The Bertz CT molecular complexity index is 1390.